The van der Waals surface area contributed by atoms with Crippen LogP contribution in [0.4, 0.5) is 0 Å². The Hall–Kier alpha value is -0.540. The summed E-state index contributed by atoms with van der Waals surface area (Å²) in [6.07, 6.45) is 2.26. The second-order valence-corrected chi connectivity index (χ2v) is 7.02. The van der Waals surface area contributed by atoms with E-state index < -0.39 is 0 Å². The number of nitrogens with one attached hydrogen (secondary N) is 1. The second kappa shape index (κ2) is 7.30. The lowest BCUT2D eigenvalue weighted by Crippen LogP contribution is -2.34. The van der Waals surface area contributed by atoms with Crippen LogP contribution in [-0.4, -0.2) is 19.7 Å². The first-order chi connectivity index (χ1) is 8.84. The third-order valence-electron chi connectivity index (χ3n) is 3.30. The van der Waals surface area contributed by atoms with Gasteiger partial charge in [0.25, 0.3) is 0 Å². The fourth-order valence-corrected chi connectivity index (χ4v) is 2.50. The summed E-state index contributed by atoms with van der Waals surface area (Å²) >= 11 is 3.54. The predicted octanol–water partition coefficient (Wildman–Crippen LogP) is 4.41. The van der Waals surface area contributed by atoms with Gasteiger partial charge in [-0.1, -0.05) is 33.8 Å². The highest BCUT2D eigenvalue weighted by Gasteiger charge is 2.18. The van der Waals surface area contributed by atoms with Gasteiger partial charge in [-0.05, 0) is 51.9 Å². The van der Waals surface area contributed by atoms with E-state index in [4.69, 9.17) is 4.74 Å². The fraction of sp³-hybridized carbons (Fsp3) is 0.625. The Morgan fingerprint density at radius 1 is 1.32 bits per heavy atom. The predicted molar refractivity (Wildman–Crippen MR) is 85.9 cm³/mol. The van der Waals surface area contributed by atoms with E-state index in [1.165, 1.54) is 12.0 Å². The molecule has 3 heteroatoms. The van der Waals surface area contributed by atoms with Gasteiger partial charge in [-0.2, -0.15) is 0 Å². The molecule has 108 valence electrons. The molecule has 19 heavy (non-hydrogen) atoms. The summed E-state index contributed by atoms with van der Waals surface area (Å²) in [5.41, 5.74) is 1.67. The van der Waals surface area contributed by atoms with Gasteiger partial charge in [-0.25, -0.2) is 0 Å². The molecule has 1 aromatic carbocycles. The minimum atomic E-state index is 0.316. The zero-order chi connectivity index (χ0) is 14.5. The van der Waals surface area contributed by atoms with Crippen molar-refractivity contribution in [3.63, 3.8) is 0 Å². The first kappa shape index (κ1) is 16.5. The summed E-state index contributed by atoms with van der Waals surface area (Å²) < 4.78 is 6.29. The van der Waals surface area contributed by atoms with Crippen molar-refractivity contribution in [3.05, 3.63) is 28.2 Å². The highest BCUT2D eigenvalue weighted by Crippen LogP contribution is 2.28. The monoisotopic (exact) mass is 327 g/mol. The molecule has 1 N–H and O–H groups in total. The van der Waals surface area contributed by atoms with E-state index in [-0.39, 0.29) is 0 Å². The average Bonchev–Trinajstić information content (AvgIpc) is 2.34. The van der Waals surface area contributed by atoms with Gasteiger partial charge in [0.15, 0.2) is 0 Å². The lowest BCUT2D eigenvalue weighted by molar-refractivity contribution is 0.304. The molecule has 0 spiro atoms. The van der Waals surface area contributed by atoms with E-state index in [2.05, 4.69) is 61.1 Å². The normalized spacial score (nSPS) is 11.9. The van der Waals surface area contributed by atoms with Crippen molar-refractivity contribution < 1.29 is 4.74 Å². The van der Waals surface area contributed by atoms with Crippen molar-refractivity contribution in [1.29, 1.82) is 0 Å². The molecule has 1 aromatic rings. The third kappa shape index (κ3) is 5.96. The summed E-state index contributed by atoms with van der Waals surface area (Å²) in [6.45, 7) is 10.1. The molecule has 0 amide bonds. The van der Waals surface area contributed by atoms with Crippen LogP contribution >= 0.6 is 15.9 Å². The Labute approximate surface area is 126 Å². The van der Waals surface area contributed by atoms with E-state index in [0.717, 1.165) is 23.2 Å². The highest BCUT2D eigenvalue weighted by atomic mass is 79.9. The van der Waals surface area contributed by atoms with Crippen LogP contribution in [0.2, 0.25) is 0 Å². The molecular weight excluding hydrogens is 302 g/mol. The van der Waals surface area contributed by atoms with Crippen LogP contribution in [-0.2, 0) is 6.42 Å². The summed E-state index contributed by atoms with van der Waals surface area (Å²) in [5.74, 6) is 0.893. The van der Waals surface area contributed by atoms with Crippen LogP contribution in [0.3, 0.4) is 0 Å². The van der Waals surface area contributed by atoms with Gasteiger partial charge < -0.3 is 10.1 Å². The molecule has 0 aliphatic carbocycles. The molecule has 0 radical (unpaired) electrons. The Bertz CT molecular complexity index is 402. The SMILES string of the molecule is COc1ccc(CCC(C)(C)CNC(C)C)cc1Br. The number of halogens is 1. The highest BCUT2D eigenvalue weighted by molar-refractivity contribution is 9.10. The summed E-state index contributed by atoms with van der Waals surface area (Å²) in [5, 5.41) is 3.52. The van der Waals surface area contributed by atoms with Crippen molar-refractivity contribution in [1.82, 2.24) is 5.32 Å². The molecule has 1 rings (SSSR count). The van der Waals surface area contributed by atoms with Crippen molar-refractivity contribution in [3.8, 4) is 5.75 Å². The van der Waals surface area contributed by atoms with E-state index >= 15 is 0 Å². The summed E-state index contributed by atoms with van der Waals surface area (Å²) in [4.78, 5) is 0. The molecule has 0 unspecified atom stereocenters. The first-order valence-electron chi connectivity index (χ1n) is 6.90. The van der Waals surface area contributed by atoms with Gasteiger partial charge in [0.1, 0.15) is 5.75 Å². The Morgan fingerprint density at radius 2 is 2.00 bits per heavy atom. The van der Waals surface area contributed by atoms with Crippen molar-refractivity contribution >= 4 is 15.9 Å². The van der Waals surface area contributed by atoms with Crippen molar-refractivity contribution in [2.45, 2.75) is 46.6 Å². The molecule has 0 atom stereocenters. The van der Waals surface area contributed by atoms with Gasteiger partial charge in [-0.15, -0.1) is 0 Å². The van der Waals surface area contributed by atoms with Crippen LogP contribution in [0.15, 0.2) is 22.7 Å². The maximum absolute atomic E-state index is 5.25. The zero-order valence-electron chi connectivity index (χ0n) is 12.7. The maximum Gasteiger partial charge on any atom is 0.133 e. The third-order valence-corrected chi connectivity index (χ3v) is 3.92. The molecule has 0 heterocycles. The minimum Gasteiger partial charge on any atom is -0.496 e. The number of ether oxygens (including phenoxy) is 1. The van der Waals surface area contributed by atoms with Crippen LogP contribution in [0.25, 0.3) is 0 Å². The van der Waals surface area contributed by atoms with E-state index in [1.807, 2.05) is 6.07 Å². The van der Waals surface area contributed by atoms with Gasteiger partial charge >= 0.3 is 0 Å². The molecule has 0 aromatic heterocycles. The summed E-state index contributed by atoms with van der Waals surface area (Å²) in [7, 11) is 1.69. The quantitative estimate of drug-likeness (QED) is 0.800. The Morgan fingerprint density at radius 3 is 2.53 bits per heavy atom. The molecule has 0 aliphatic heterocycles. The number of benzene rings is 1. The number of methoxy groups -OCH3 is 1. The zero-order valence-corrected chi connectivity index (χ0v) is 14.3. The van der Waals surface area contributed by atoms with Crippen LogP contribution in [0.1, 0.15) is 39.7 Å². The number of aryl methyl sites for hydroxylation is 1. The maximum atomic E-state index is 5.25. The lowest BCUT2D eigenvalue weighted by atomic mass is 9.86. The molecule has 0 aliphatic rings. The van der Waals surface area contributed by atoms with Crippen LogP contribution < -0.4 is 10.1 Å². The minimum absolute atomic E-state index is 0.316. The Kier molecular flexibility index (Phi) is 6.34. The van der Waals surface area contributed by atoms with Crippen molar-refractivity contribution in [2.75, 3.05) is 13.7 Å². The standard InChI is InChI=1S/C16H26BrNO/c1-12(2)18-11-16(3,4)9-8-13-6-7-15(19-5)14(17)10-13/h6-7,10,12,18H,8-9,11H2,1-5H3. The van der Waals surface area contributed by atoms with Crippen LogP contribution in [0.5, 0.6) is 5.75 Å². The average molecular weight is 328 g/mol. The van der Waals surface area contributed by atoms with Gasteiger partial charge in [0.2, 0.25) is 0 Å². The lowest BCUT2D eigenvalue weighted by Gasteiger charge is -2.26. The Balaban J connectivity index is 2.53. The van der Waals surface area contributed by atoms with E-state index in [1.54, 1.807) is 7.11 Å². The van der Waals surface area contributed by atoms with E-state index in [9.17, 15) is 0 Å². The number of rotatable bonds is 7. The van der Waals surface area contributed by atoms with E-state index in [0.29, 0.717) is 11.5 Å². The smallest absolute Gasteiger partial charge is 0.133 e. The van der Waals surface area contributed by atoms with Gasteiger partial charge in [0, 0.05) is 12.6 Å². The van der Waals surface area contributed by atoms with Gasteiger partial charge in [0.05, 0.1) is 11.6 Å². The molecule has 2 nitrogen and oxygen atoms in total. The van der Waals surface area contributed by atoms with Crippen molar-refractivity contribution in [2.24, 2.45) is 5.41 Å². The number of hydrogen-bond donors (Lipinski definition) is 1. The summed E-state index contributed by atoms with van der Waals surface area (Å²) in [6, 6.07) is 6.88. The molecular formula is C16H26BrNO. The fourth-order valence-electron chi connectivity index (χ4n) is 1.92. The second-order valence-electron chi connectivity index (χ2n) is 6.17. The molecule has 0 fully saturated rings. The molecule has 0 bridgehead atoms. The molecule has 0 saturated heterocycles. The largest absolute Gasteiger partial charge is 0.496 e. The molecule has 0 saturated carbocycles. The first-order valence-corrected chi connectivity index (χ1v) is 7.69. The topological polar surface area (TPSA) is 21.3 Å². The van der Waals surface area contributed by atoms with Crippen LogP contribution in [0, 0.1) is 5.41 Å². The number of hydrogen-bond acceptors (Lipinski definition) is 2. The van der Waals surface area contributed by atoms with Gasteiger partial charge in [-0.3, -0.25) is 0 Å².